The lowest BCUT2D eigenvalue weighted by Crippen LogP contribution is -2.27. The largest absolute Gasteiger partial charge is 0.309 e. The third-order valence-corrected chi connectivity index (χ3v) is 2.70. The van der Waals surface area contributed by atoms with Crippen LogP contribution in [-0.2, 0) is 6.54 Å². The fourth-order valence-electron chi connectivity index (χ4n) is 1.57. The standard InChI is InChI=1S/C14H19N/c1-4-8-14(5-2)15-11-13-10-7-6-9-12(13)3/h1,6-7,9-10,14-15H,5,8,11H2,2-3H3. The summed E-state index contributed by atoms with van der Waals surface area (Å²) in [4.78, 5) is 0. The van der Waals surface area contributed by atoms with E-state index in [1.165, 1.54) is 11.1 Å². The Kier molecular flexibility index (Phi) is 4.93. The highest BCUT2D eigenvalue weighted by molar-refractivity contribution is 5.25. The zero-order chi connectivity index (χ0) is 11.1. The van der Waals surface area contributed by atoms with Crippen LogP contribution in [0.4, 0.5) is 0 Å². The molecule has 1 N–H and O–H groups in total. The summed E-state index contributed by atoms with van der Waals surface area (Å²) < 4.78 is 0. The normalized spacial score (nSPS) is 12.1. The Morgan fingerprint density at radius 2 is 2.13 bits per heavy atom. The van der Waals surface area contributed by atoms with Gasteiger partial charge in [0.1, 0.15) is 0 Å². The summed E-state index contributed by atoms with van der Waals surface area (Å²) >= 11 is 0. The summed E-state index contributed by atoms with van der Waals surface area (Å²) in [5, 5.41) is 3.48. The van der Waals surface area contributed by atoms with Crippen molar-refractivity contribution in [2.24, 2.45) is 0 Å². The molecule has 0 fully saturated rings. The van der Waals surface area contributed by atoms with Gasteiger partial charge < -0.3 is 5.32 Å². The van der Waals surface area contributed by atoms with Gasteiger partial charge in [-0.25, -0.2) is 0 Å². The molecule has 1 rings (SSSR count). The number of hydrogen-bond acceptors (Lipinski definition) is 1. The molecule has 0 spiro atoms. The maximum absolute atomic E-state index is 5.31. The molecule has 0 aliphatic heterocycles. The summed E-state index contributed by atoms with van der Waals surface area (Å²) in [5.41, 5.74) is 2.69. The van der Waals surface area contributed by atoms with E-state index < -0.39 is 0 Å². The molecule has 0 radical (unpaired) electrons. The molecule has 1 nitrogen and oxygen atoms in total. The highest BCUT2D eigenvalue weighted by Crippen LogP contribution is 2.07. The predicted molar refractivity (Wildman–Crippen MR) is 65.5 cm³/mol. The summed E-state index contributed by atoms with van der Waals surface area (Å²) in [7, 11) is 0. The Morgan fingerprint density at radius 1 is 1.40 bits per heavy atom. The van der Waals surface area contributed by atoms with Crippen molar-refractivity contribution in [3.63, 3.8) is 0 Å². The zero-order valence-corrected chi connectivity index (χ0v) is 9.59. The molecule has 1 atom stereocenters. The molecule has 15 heavy (non-hydrogen) atoms. The number of rotatable bonds is 5. The number of aryl methyl sites for hydroxylation is 1. The lowest BCUT2D eigenvalue weighted by molar-refractivity contribution is 0.506. The Bertz CT molecular complexity index is 335. The number of hydrogen-bond donors (Lipinski definition) is 1. The van der Waals surface area contributed by atoms with Crippen molar-refractivity contribution < 1.29 is 0 Å². The summed E-state index contributed by atoms with van der Waals surface area (Å²) in [6.07, 6.45) is 7.20. The first-order chi connectivity index (χ1) is 7.27. The molecule has 0 saturated heterocycles. The summed E-state index contributed by atoms with van der Waals surface area (Å²) in [5.74, 6) is 2.71. The SMILES string of the molecule is C#CCC(CC)NCc1ccccc1C. The molecule has 0 heterocycles. The molecular weight excluding hydrogens is 182 g/mol. The van der Waals surface area contributed by atoms with Crippen LogP contribution in [-0.4, -0.2) is 6.04 Å². The minimum absolute atomic E-state index is 0.439. The summed E-state index contributed by atoms with van der Waals surface area (Å²) in [6.45, 7) is 5.21. The first-order valence-corrected chi connectivity index (χ1v) is 5.49. The number of nitrogens with one attached hydrogen (secondary N) is 1. The number of terminal acetylenes is 1. The second-order valence-electron chi connectivity index (χ2n) is 3.82. The lowest BCUT2D eigenvalue weighted by atomic mass is 10.1. The Morgan fingerprint density at radius 3 is 2.73 bits per heavy atom. The first kappa shape index (κ1) is 11.8. The van der Waals surface area contributed by atoms with Gasteiger partial charge in [-0.05, 0) is 24.5 Å². The van der Waals surface area contributed by atoms with Crippen molar-refractivity contribution in [1.82, 2.24) is 5.32 Å². The van der Waals surface area contributed by atoms with E-state index in [0.717, 1.165) is 19.4 Å². The van der Waals surface area contributed by atoms with Crippen LogP contribution in [0.3, 0.4) is 0 Å². The van der Waals surface area contributed by atoms with Crippen molar-refractivity contribution >= 4 is 0 Å². The minimum Gasteiger partial charge on any atom is -0.309 e. The Hall–Kier alpha value is -1.26. The molecule has 1 aromatic carbocycles. The molecule has 1 aromatic rings. The fraction of sp³-hybridized carbons (Fsp3) is 0.429. The van der Waals surface area contributed by atoms with Crippen molar-refractivity contribution in [3.05, 3.63) is 35.4 Å². The second kappa shape index (κ2) is 6.27. The van der Waals surface area contributed by atoms with Crippen LogP contribution in [0.15, 0.2) is 24.3 Å². The monoisotopic (exact) mass is 201 g/mol. The van der Waals surface area contributed by atoms with Crippen molar-refractivity contribution in [2.45, 2.75) is 39.3 Å². The molecule has 0 aromatic heterocycles. The van der Waals surface area contributed by atoms with Gasteiger partial charge in [-0.3, -0.25) is 0 Å². The Balaban J connectivity index is 2.49. The number of benzene rings is 1. The van der Waals surface area contributed by atoms with E-state index in [2.05, 4.69) is 49.4 Å². The highest BCUT2D eigenvalue weighted by Gasteiger charge is 2.04. The van der Waals surface area contributed by atoms with Crippen molar-refractivity contribution in [3.8, 4) is 12.3 Å². The van der Waals surface area contributed by atoms with Crippen LogP contribution in [0, 0.1) is 19.3 Å². The van der Waals surface area contributed by atoms with Gasteiger partial charge in [-0.15, -0.1) is 12.3 Å². The van der Waals surface area contributed by atoms with Gasteiger partial charge in [0.2, 0.25) is 0 Å². The van der Waals surface area contributed by atoms with E-state index in [1.807, 2.05) is 0 Å². The van der Waals surface area contributed by atoms with E-state index in [4.69, 9.17) is 6.42 Å². The van der Waals surface area contributed by atoms with Gasteiger partial charge in [0.05, 0.1) is 0 Å². The maximum Gasteiger partial charge on any atom is 0.0240 e. The molecule has 0 bridgehead atoms. The average Bonchev–Trinajstić information content (AvgIpc) is 2.26. The fourth-order valence-corrected chi connectivity index (χ4v) is 1.57. The van der Waals surface area contributed by atoms with E-state index in [1.54, 1.807) is 0 Å². The molecule has 0 aliphatic carbocycles. The quantitative estimate of drug-likeness (QED) is 0.722. The van der Waals surface area contributed by atoms with Gasteiger partial charge in [-0.2, -0.15) is 0 Å². The lowest BCUT2D eigenvalue weighted by Gasteiger charge is -2.15. The van der Waals surface area contributed by atoms with E-state index in [-0.39, 0.29) is 0 Å². The molecule has 0 saturated carbocycles. The molecule has 1 heteroatoms. The van der Waals surface area contributed by atoms with Gasteiger partial charge in [0, 0.05) is 19.0 Å². The third-order valence-electron chi connectivity index (χ3n) is 2.70. The highest BCUT2D eigenvalue weighted by atomic mass is 14.9. The minimum atomic E-state index is 0.439. The van der Waals surface area contributed by atoms with Gasteiger partial charge in [0.15, 0.2) is 0 Å². The van der Waals surface area contributed by atoms with Crippen LogP contribution in [0.2, 0.25) is 0 Å². The van der Waals surface area contributed by atoms with Crippen molar-refractivity contribution in [1.29, 1.82) is 0 Å². The van der Waals surface area contributed by atoms with Gasteiger partial charge >= 0.3 is 0 Å². The maximum atomic E-state index is 5.31. The molecule has 80 valence electrons. The van der Waals surface area contributed by atoms with E-state index in [0.29, 0.717) is 6.04 Å². The molecular formula is C14H19N. The molecule has 1 unspecified atom stereocenters. The summed E-state index contributed by atoms with van der Waals surface area (Å²) in [6, 6.07) is 8.88. The average molecular weight is 201 g/mol. The second-order valence-corrected chi connectivity index (χ2v) is 3.82. The van der Waals surface area contributed by atoms with E-state index in [9.17, 15) is 0 Å². The van der Waals surface area contributed by atoms with Gasteiger partial charge in [0.25, 0.3) is 0 Å². The molecule has 0 amide bonds. The third kappa shape index (κ3) is 3.77. The van der Waals surface area contributed by atoms with Crippen LogP contribution < -0.4 is 5.32 Å². The van der Waals surface area contributed by atoms with Crippen molar-refractivity contribution in [2.75, 3.05) is 0 Å². The van der Waals surface area contributed by atoms with Crippen LogP contribution in [0.25, 0.3) is 0 Å². The molecule has 0 aliphatic rings. The van der Waals surface area contributed by atoms with Crippen LogP contribution in [0.1, 0.15) is 30.9 Å². The zero-order valence-electron chi connectivity index (χ0n) is 9.59. The smallest absolute Gasteiger partial charge is 0.0240 e. The van der Waals surface area contributed by atoms with Crippen LogP contribution in [0.5, 0.6) is 0 Å². The Labute approximate surface area is 92.9 Å². The predicted octanol–water partition coefficient (Wildman–Crippen LogP) is 2.89. The topological polar surface area (TPSA) is 12.0 Å². The first-order valence-electron chi connectivity index (χ1n) is 5.49. The van der Waals surface area contributed by atoms with Crippen LogP contribution >= 0.6 is 0 Å². The van der Waals surface area contributed by atoms with E-state index >= 15 is 0 Å². The van der Waals surface area contributed by atoms with Gasteiger partial charge in [-0.1, -0.05) is 31.2 Å².